The molecule has 2 aromatic rings. The smallest absolute Gasteiger partial charge is 0.128 e. The quantitative estimate of drug-likeness (QED) is 0.922. The average molecular weight is 327 g/mol. The fourth-order valence-electron chi connectivity index (χ4n) is 4.02. The molecule has 126 valence electrons. The molecule has 0 aromatic heterocycles. The fourth-order valence-corrected chi connectivity index (χ4v) is 4.02. The molecule has 4 rings (SSSR count). The maximum atomic E-state index is 14.3. The minimum absolute atomic E-state index is 0.163. The van der Waals surface area contributed by atoms with Crippen molar-refractivity contribution in [3.8, 4) is 0 Å². The Labute approximate surface area is 141 Å². The molecule has 24 heavy (non-hydrogen) atoms. The van der Waals surface area contributed by atoms with Crippen molar-refractivity contribution in [3.05, 3.63) is 71.5 Å². The van der Waals surface area contributed by atoms with Crippen LogP contribution in [0.4, 0.5) is 4.39 Å². The summed E-state index contributed by atoms with van der Waals surface area (Å²) < 4.78 is 20.5. The van der Waals surface area contributed by atoms with E-state index in [1.807, 2.05) is 30.3 Å². The predicted molar refractivity (Wildman–Crippen MR) is 89.5 cm³/mol. The van der Waals surface area contributed by atoms with Gasteiger partial charge in [-0.3, -0.25) is 0 Å². The summed E-state index contributed by atoms with van der Waals surface area (Å²) in [7, 11) is 0. The molecule has 3 nitrogen and oxygen atoms in total. The Kier molecular flexibility index (Phi) is 4.35. The minimum Gasteiger partial charge on any atom is -0.374 e. The van der Waals surface area contributed by atoms with Crippen LogP contribution in [-0.4, -0.2) is 12.7 Å². The molecule has 0 amide bonds. The summed E-state index contributed by atoms with van der Waals surface area (Å²) in [6, 6.07) is 17.2. The van der Waals surface area contributed by atoms with E-state index < -0.39 is 5.54 Å². The molecule has 2 aliphatic rings. The summed E-state index contributed by atoms with van der Waals surface area (Å²) in [5.74, 6) is 0.0630. The number of hydroxylamine groups is 1. The summed E-state index contributed by atoms with van der Waals surface area (Å²) in [6.07, 6.45) is 2.79. The Morgan fingerprint density at radius 2 is 1.92 bits per heavy atom. The van der Waals surface area contributed by atoms with E-state index in [0.717, 1.165) is 19.3 Å². The van der Waals surface area contributed by atoms with E-state index in [4.69, 9.17) is 9.57 Å². The monoisotopic (exact) mass is 327 g/mol. The van der Waals surface area contributed by atoms with Crippen molar-refractivity contribution in [2.24, 2.45) is 5.92 Å². The first-order valence-corrected chi connectivity index (χ1v) is 8.57. The summed E-state index contributed by atoms with van der Waals surface area (Å²) >= 11 is 0. The normalized spacial score (nSPS) is 29.4. The topological polar surface area (TPSA) is 30.5 Å². The van der Waals surface area contributed by atoms with Gasteiger partial charge in [-0.2, -0.15) is 5.48 Å². The third-order valence-electron chi connectivity index (χ3n) is 5.33. The number of fused-ring (bicyclic) bond motifs is 1. The van der Waals surface area contributed by atoms with Crippen molar-refractivity contribution >= 4 is 0 Å². The van der Waals surface area contributed by atoms with Gasteiger partial charge in [-0.25, -0.2) is 4.39 Å². The summed E-state index contributed by atoms with van der Waals surface area (Å²) in [5.41, 5.74) is 4.61. The third kappa shape index (κ3) is 2.86. The number of benzene rings is 2. The standard InChI is InChI=1S/C20H22FNO2/c21-19-9-5-4-8-18(19)20-11-10-17(12-16(20)14-24-22-20)23-13-15-6-2-1-3-7-15/h1-9,16-17,22H,10-14H2/t16?,17-,20-/m0/s1. The van der Waals surface area contributed by atoms with E-state index in [-0.39, 0.29) is 17.8 Å². The van der Waals surface area contributed by atoms with Gasteiger partial charge in [0.05, 0.1) is 24.9 Å². The Bertz CT molecular complexity index is 693. The summed E-state index contributed by atoms with van der Waals surface area (Å²) in [4.78, 5) is 5.54. The number of halogens is 1. The van der Waals surface area contributed by atoms with Crippen LogP contribution in [0.5, 0.6) is 0 Å². The predicted octanol–water partition coefficient (Wildman–Crippen LogP) is 3.94. The molecule has 2 aromatic carbocycles. The highest BCUT2D eigenvalue weighted by atomic mass is 19.1. The Morgan fingerprint density at radius 3 is 2.75 bits per heavy atom. The van der Waals surface area contributed by atoms with Gasteiger partial charge in [0.25, 0.3) is 0 Å². The molecular weight excluding hydrogens is 305 g/mol. The van der Waals surface area contributed by atoms with Crippen LogP contribution >= 0.6 is 0 Å². The Morgan fingerprint density at radius 1 is 1.12 bits per heavy atom. The summed E-state index contributed by atoms with van der Waals surface area (Å²) in [5, 5.41) is 0. The lowest BCUT2D eigenvalue weighted by atomic mass is 9.69. The summed E-state index contributed by atoms with van der Waals surface area (Å²) in [6.45, 7) is 1.22. The van der Waals surface area contributed by atoms with Crippen molar-refractivity contribution in [2.45, 2.75) is 37.5 Å². The van der Waals surface area contributed by atoms with Crippen LogP contribution in [-0.2, 0) is 21.7 Å². The largest absolute Gasteiger partial charge is 0.374 e. The van der Waals surface area contributed by atoms with Crippen LogP contribution in [0.3, 0.4) is 0 Å². The fraction of sp³-hybridized carbons (Fsp3) is 0.400. The second-order valence-electron chi connectivity index (χ2n) is 6.75. The maximum Gasteiger partial charge on any atom is 0.128 e. The first-order chi connectivity index (χ1) is 11.8. The number of hydrogen-bond acceptors (Lipinski definition) is 3. The second-order valence-corrected chi connectivity index (χ2v) is 6.75. The van der Waals surface area contributed by atoms with Gasteiger partial charge in [0.1, 0.15) is 5.82 Å². The Balaban J connectivity index is 1.46. The minimum atomic E-state index is -0.419. The zero-order chi connectivity index (χ0) is 16.4. The molecule has 3 atom stereocenters. The van der Waals surface area contributed by atoms with Crippen LogP contribution < -0.4 is 5.48 Å². The van der Waals surface area contributed by atoms with Gasteiger partial charge in [0, 0.05) is 11.5 Å². The first-order valence-electron chi connectivity index (χ1n) is 8.57. The number of hydrogen-bond donors (Lipinski definition) is 1. The molecule has 0 spiro atoms. The van der Waals surface area contributed by atoms with E-state index in [9.17, 15) is 4.39 Å². The number of ether oxygens (including phenoxy) is 1. The van der Waals surface area contributed by atoms with Gasteiger partial charge < -0.3 is 9.57 Å². The highest BCUT2D eigenvalue weighted by molar-refractivity contribution is 5.29. The van der Waals surface area contributed by atoms with E-state index in [1.54, 1.807) is 6.07 Å². The highest BCUT2D eigenvalue weighted by Crippen LogP contribution is 2.46. The molecular formula is C20H22FNO2. The maximum absolute atomic E-state index is 14.3. The van der Waals surface area contributed by atoms with Gasteiger partial charge in [0.2, 0.25) is 0 Å². The van der Waals surface area contributed by atoms with Crippen molar-refractivity contribution in [3.63, 3.8) is 0 Å². The van der Waals surface area contributed by atoms with E-state index in [2.05, 4.69) is 17.6 Å². The van der Waals surface area contributed by atoms with Crippen LogP contribution in [0, 0.1) is 11.7 Å². The van der Waals surface area contributed by atoms with Crippen LogP contribution in [0.1, 0.15) is 30.4 Å². The molecule has 4 heteroatoms. The highest BCUT2D eigenvalue weighted by Gasteiger charge is 2.50. The Hall–Kier alpha value is -1.75. The molecule has 1 saturated heterocycles. The lowest BCUT2D eigenvalue weighted by Gasteiger charge is -2.41. The van der Waals surface area contributed by atoms with E-state index >= 15 is 0 Å². The first kappa shape index (κ1) is 15.8. The lowest BCUT2D eigenvalue weighted by molar-refractivity contribution is -0.0204. The zero-order valence-corrected chi connectivity index (χ0v) is 13.6. The van der Waals surface area contributed by atoms with Crippen molar-refractivity contribution in [2.75, 3.05) is 6.61 Å². The van der Waals surface area contributed by atoms with E-state index in [0.29, 0.717) is 18.8 Å². The van der Waals surface area contributed by atoms with Gasteiger partial charge >= 0.3 is 0 Å². The third-order valence-corrected chi connectivity index (χ3v) is 5.33. The molecule has 2 fully saturated rings. The molecule has 1 aliphatic carbocycles. The SMILES string of the molecule is Fc1ccccc1[C@]12CC[C@H](OCc3ccccc3)CC1CON2. The van der Waals surface area contributed by atoms with Gasteiger partial charge in [0.15, 0.2) is 0 Å². The van der Waals surface area contributed by atoms with Gasteiger partial charge in [-0.15, -0.1) is 0 Å². The molecule has 1 unspecified atom stereocenters. The van der Waals surface area contributed by atoms with Crippen molar-refractivity contribution in [1.29, 1.82) is 0 Å². The molecule has 1 N–H and O–H groups in total. The number of rotatable bonds is 4. The van der Waals surface area contributed by atoms with Crippen molar-refractivity contribution in [1.82, 2.24) is 5.48 Å². The molecule has 0 bridgehead atoms. The van der Waals surface area contributed by atoms with Crippen LogP contribution in [0.25, 0.3) is 0 Å². The van der Waals surface area contributed by atoms with Crippen LogP contribution in [0.15, 0.2) is 54.6 Å². The molecule has 1 saturated carbocycles. The van der Waals surface area contributed by atoms with Gasteiger partial charge in [-0.1, -0.05) is 48.5 Å². The van der Waals surface area contributed by atoms with Crippen molar-refractivity contribution < 1.29 is 14.0 Å². The number of nitrogens with one attached hydrogen (secondary N) is 1. The van der Waals surface area contributed by atoms with E-state index in [1.165, 1.54) is 11.6 Å². The molecule has 1 heterocycles. The average Bonchev–Trinajstić information content (AvgIpc) is 3.05. The molecule has 1 aliphatic heterocycles. The lowest BCUT2D eigenvalue weighted by Crippen LogP contribution is -2.47. The second kappa shape index (κ2) is 6.63. The van der Waals surface area contributed by atoms with Crippen LogP contribution in [0.2, 0.25) is 0 Å². The zero-order valence-electron chi connectivity index (χ0n) is 13.6. The van der Waals surface area contributed by atoms with Gasteiger partial charge in [-0.05, 0) is 30.9 Å². The molecule has 0 radical (unpaired) electrons.